The van der Waals surface area contributed by atoms with Crippen molar-refractivity contribution >= 4 is 29.0 Å². The average molecular weight is 728 g/mol. The second-order valence-electron chi connectivity index (χ2n) is 15.3. The number of aromatic nitrogens is 4. The van der Waals surface area contributed by atoms with Crippen LogP contribution >= 0.6 is 0 Å². The largest absolute Gasteiger partial charge is 0.399 e. The van der Waals surface area contributed by atoms with E-state index in [9.17, 15) is 22.4 Å². The van der Waals surface area contributed by atoms with Crippen LogP contribution in [0.5, 0.6) is 0 Å². The predicted octanol–water partition coefficient (Wildman–Crippen LogP) is 8.14. The molecule has 7 N–H and O–H groups in total. The smallest absolute Gasteiger partial charge is 0.254 e. The highest BCUT2D eigenvalue weighted by atomic mass is 19.3. The molecule has 284 valence electrons. The number of amides is 1. The maximum atomic E-state index is 13.7. The van der Waals surface area contributed by atoms with Crippen LogP contribution in [-0.4, -0.2) is 56.8 Å². The van der Waals surface area contributed by atoms with E-state index < -0.39 is 17.8 Å². The lowest BCUT2D eigenvalue weighted by Gasteiger charge is -2.31. The Morgan fingerprint density at radius 3 is 1.88 bits per heavy atom. The molecule has 1 atom stereocenters. The zero-order valence-electron chi connectivity index (χ0n) is 30.6. The number of nitrogens with zero attached hydrogens (tertiary/aromatic N) is 5. The van der Waals surface area contributed by atoms with Crippen molar-refractivity contribution in [3.8, 4) is 0 Å². The van der Waals surface area contributed by atoms with E-state index in [1.54, 1.807) is 0 Å². The Morgan fingerprint density at radius 1 is 0.827 bits per heavy atom. The molecule has 1 aliphatic heterocycles. The number of hydrogen-bond acceptors (Lipinski definition) is 9. The van der Waals surface area contributed by atoms with Crippen molar-refractivity contribution in [2.24, 2.45) is 11.5 Å². The molecule has 0 bridgehead atoms. The van der Waals surface area contributed by atoms with Crippen LogP contribution in [0.3, 0.4) is 0 Å². The summed E-state index contributed by atoms with van der Waals surface area (Å²) in [5, 5.41) is 3.24. The van der Waals surface area contributed by atoms with Gasteiger partial charge in [-0.2, -0.15) is 4.98 Å². The number of nitrogens with one attached hydrogen (secondary N) is 1. The van der Waals surface area contributed by atoms with E-state index in [0.29, 0.717) is 61.3 Å². The number of piperidine rings is 1. The van der Waals surface area contributed by atoms with Gasteiger partial charge < -0.3 is 27.4 Å². The number of nitrogen functional groups attached to an aromatic ring is 1. The van der Waals surface area contributed by atoms with Gasteiger partial charge in [0.1, 0.15) is 11.4 Å². The minimum absolute atomic E-state index is 0.0365. The topological polar surface area (TPSA) is 162 Å². The van der Waals surface area contributed by atoms with Gasteiger partial charge in [-0.25, -0.2) is 22.5 Å². The molecule has 10 nitrogen and oxygen atoms in total. The number of primary amides is 1. The van der Waals surface area contributed by atoms with Crippen LogP contribution in [0.15, 0.2) is 30.5 Å². The molecule has 3 aromatic rings. The maximum Gasteiger partial charge on any atom is 0.254 e. The average Bonchev–Trinajstić information content (AvgIpc) is 3.08. The summed E-state index contributed by atoms with van der Waals surface area (Å²) in [6.07, 6.45) is 4.77. The molecule has 2 saturated carbocycles. The minimum atomic E-state index is -2.60. The fourth-order valence-electron chi connectivity index (χ4n) is 7.05. The molecule has 3 aromatic heterocycles. The van der Waals surface area contributed by atoms with E-state index in [1.807, 2.05) is 43.0 Å². The maximum absolute atomic E-state index is 13.7. The monoisotopic (exact) mass is 727 g/mol. The first-order valence-electron chi connectivity index (χ1n) is 18.5. The van der Waals surface area contributed by atoms with Crippen LogP contribution < -0.4 is 27.4 Å². The fraction of sp³-hybridized carbons (Fsp3) is 0.605. The molecule has 0 spiro atoms. The first kappa shape index (κ1) is 39.1. The summed E-state index contributed by atoms with van der Waals surface area (Å²) in [5.41, 5.74) is 22.6. The van der Waals surface area contributed by atoms with Crippen molar-refractivity contribution in [2.75, 3.05) is 29.0 Å². The van der Waals surface area contributed by atoms with Crippen LogP contribution in [-0.2, 0) is 0 Å². The summed E-state index contributed by atoms with van der Waals surface area (Å²) in [4.78, 5) is 32.4. The summed E-state index contributed by atoms with van der Waals surface area (Å²) in [7, 11) is 0. The SMILES string of the molecule is CC(C)c1cc(N)cc(C2CCC(F)(F)CC2)n1.CC(C)c1cc(Nc2nc(N3CCCC(N)C3)ncc2C(N)=O)cc(C2CCC(F)(F)CC2)n1. The Hall–Kier alpha value is -4.07. The van der Waals surface area contributed by atoms with Crippen LogP contribution in [0.1, 0.15) is 149 Å². The number of carbonyl (C=O) groups is 1. The lowest BCUT2D eigenvalue weighted by atomic mass is 9.84. The lowest BCUT2D eigenvalue weighted by Crippen LogP contribution is -2.43. The van der Waals surface area contributed by atoms with Gasteiger partial charge >= 0.3 is 0 Å². The van der Waals surface area contributed by atoms with Crippen molar-refractivity contribution in [2.45, 2.75) is 133 Å². The Bertz CT molecular complexity index is 1680. The summed E-state index contributed by atoms with van der Waals surface area (Å²) in [6, 6.07) is 7.51. The standard InChI is InChI=1S/C24H33F2N7O.C14H20F2N2/c1-14(2)19-10-17(11-20(31-19)15-5-7-24(25,26)8-6-15)30-22-18(21(28)34)12-29-23(32-22)33-9-3-4-16(27)13-33;1-9(2)12-7-11(17)8-13(18-12)10-3-5-14(15,16)6-4-10/h10-12,14-16H,3-9,13,27H2,1-2H3,(H2,28,34)(H,29,30,31,32);7-10H,3-6H2,1-2H3,(H2,17,18). The molecule has 2 aliphatic carbocycles. The van der Waals surface area contributed by atoms with E-state index in [-0.39, 0.29) is 55.0 Å². The summed E-state index contributed by atoms with van der Waals surface area (Å²) < 4.78 is 53.7. The van der Waals surface area contributed by atoms with Gasteiger partial charge in [-0.15, -0.1) is 0 Å². The fourth-order valence-corrected chi connectivity index (χ4v) is 7.05. The highest BCUT2D eigenvalue weighted by Crippen LogP contribution is 2.42. The van der Waals surface area contributed by atoms with Gasteiger partial charge in [0, 0.05) is 97.0 Å². The zero-order valence-corrected chi connectivity index (χ0v) is 30.6. The molecule has 6 rings (SSSR count). The molecule has 4 heterocycles. The van der Waals surface area contributed by atoms with E-state index >= 15 is 0 Å². The highest BCUT2D eigenvalue weighted by molar-refractivity contribution is 5.98. The Morgan fingerprint density at radius 2 is 1.37 bits per heavy atom. The van der Waals surface area contributed by atoms with Gasteiger partial charge in [0.25, 0.3) is 5.91 Å². The molecule has 14 heteroatoms. The first-order valence-corrected chi connectivity index (χ1v) is 18.5. The molecule has 3 aliphatic rings. The summed E-state index contributed by atoms with van der Waals surface area (Å²) in [5.74, 6) is -4.41. The second-order valence-corrected chi connectivity index (χ2v) is 15.3. The number of pyridine rings is 2. The van der Waals surface area contributed by atoms with Crippen LogP contribution in [0.2, 0.25) is 0 Å². The van der Waals surface area contributed by atoms with E-state index in [2.05, 4.69) is 34.1 Å². The number of alkyl halides is 4. The van der Waals surface area contributed by atoms with Crippen molar-refractivity contribution < 1.29 is 22.4 Å². The number of rotatable bonds is 8. The minimum Gasteiger partial charge on any atom is -0.399 e. The zero-order chi connectivity index (χ0) is 37.8. The number of halogens is 4. The van der Waals surface area contributed by atoms with Crippen molar-refractivity contribution in [1.29, 1.82) is 0 Å². The van der Waals surface area contributed by atoms with Crippen LogP contribution in [0, 0.1) is 0 Å². The third-order valence-corrected chi connectivity index (χ3v) is 10.3. The van der Waals surface area contributed by atoms with E-state index in [0.717, 1.165) is 42.2 Å². The molecule has 1 amide bonds. The van der Waals surface area contributed by atoms with Crippen LogP contribution in [0.4, 0.5) is 40.7 Å². The molecule has 1 unspecified atom stereocenters. The molecule has 0 aromatic carbocycles. The number of hydrogen-bond donors (Lipinski definition) is 4. The van der Waals surface area contributed by atoms with Crippen molar-refractivity contribution in [3.63, 3.8) is 0 Å². The lowest BCUT2D eigenvalue weighted by molar-refractivity contribution is -0.0390. The molecule has 1 saturated heterocycles. The molecular formula is C38H53F4N9O. The molecule has 52 heavy (non-hydrogen) atoms. The van der Waals surface area contributed by atoms with Gasteiger partial charge in [0.05, 0.1) is 0 Å². The summed E-state index contributed by atoms with van der Waals surface area (Å²) in [6.45, 7) is 9.59. The first-order chi connectivity index (χ1) is 24.5. The van der Waals surface area contributed by atoms with Gasteiger partial charge in [-0.05, 0) is 74.6 Å². The Kier molecular flexibility index (Phi) is 12.3. The number of nitrogens with two attached hydrogens (primary N) is 3. The highest BCUT2D eigenvalue weighted by Gasteiger charge is 2.37. The van der Waals surface area contributed by atoms with Gasteiger partial charge in [-0.3, -0.25) is 14.8 Å². The second kappa shape index (κ2) is 16.3. The quantitative estimate of drug-likeness (QED) is 0.168. The number of carbonyl (C=O) groups excluding carboxylic acids is 1. The van der Waals surface area contributed by atoms with E-state index in [1.165, 1.54) is 6.20 Å². The van der Waals surface area contributed by atoms with E-state index in [4.69, 9.17) is 22.2 Å². The Labute approximate surface area is 303 Å². The number of anilines is 4. The van der Waals surface area contributed by atoms with Gasteiger partial charge in [0.2, 0.25) is 17.8 Å². The molecule has 3 fully saturated rings. The third-order valence-electron chi connectivity index (χ3n) is 10.3. The predicted molar refractivity (Wildman–Crippen MR) is 197 cm³/mol. The van der Waals surface area contributed by atoms with Gasteiger partial charge in [0.15, 0.2) is 0 Å². The van der Waals surface area contributed by atoms with Crippen molar-refractivity contribution in [1.82, 2.24) is 19.9 Å². The molecular weight excluding hydrogens is 674 g/mol. The summed E-state index contributed by atoms with van der Waals surface area (Å²) >= 11 is 0. The van der Waals surface area contributed by atoms with Crippen molar-refractivity contribution in [3.05, 3.63) is 58.8 Å². The Balaban J connectivity index is 0.000000244. The normalized spacial score (nSPS) is 20.8. The third kappa shape index (κ3) is 10.3. The van der Waals surface area contributed by atoms with Gasteiger partial charge in [-0.1, -0.05) is 27.7 Å². The molecule has 0 radical (unpaired) electrons. The van der Waals surface area contributed by atoms with Crippen LogP contribution in [0.25, 0.3) is 0 Å².